The van der Waals surface area contributed by atoms with Crippen molar-refractivity contribution >= 4 is 23.4 Å². The molecule has 0 unspecified atom stereocenters. The highest BCUT2D eigenvalue weighted by atomic mass is 16.5. The number of hydrogen-bond donors (Lipinski definition) is 3. The van der Waals surface area contributed by atoms with Crippen LogP contribution < -0.4 is 25.4 Å². The monoisotopic (exact) mass is 538 g/mol. The van der Waals surface area contributed by atoms with Crippen molar-refractivity contribution in [1.29, 1.82) is 5.26 Å². The number of ether oxygens (including phenoxy) is 2. The van der Waals surface area contributed by atoms with Crippen molar-refractivity contribution in [2.75, 3.05) is 22.6 Å². The molecule has 0 atom stereocenters. The highest BCUT2D eigenvalue weighted by Crippen LogP contribution is 2.39. The largest absolute Gasteiger partial charge is 0.483 e. The van der Waals surface area contributed by atoms with Crippen LogP contribution in [0, 0.1) is 11.3 Å². The normalized spacial score (nSPS) is 13.7. The smallest absolute Gasteiger partial charge is 0.324 e. The first-order chi connectivity index (χ1) is 19.0. The van der Waals surface area contributed by atoms with Crippen LogP contribution in [-0.4, -0.2) is 37.9 Å². The number of nitriles is 1. The van der Waals surface area contributed by atoms with Crippen LogP contribution >= 0.6 is 0 Å². The van der Waals surface area contributed by atoms with Crippen LogP contribution in [0.2, 0.25) is 0 Å². The standard InChI is InChI=1S/C29H30N8O3/c1-28(2,3)22-14-23(37(36-22)20-8-6-7-18(13-20)15-30)34-27(38)33-19-9-11-21(12-10-19)40-26-24-25(31-17-32-26)35-29(4,5)16-39-24/h6-14,17H,16H2,1-5H3,(H,31,32,35)(H2,33,34,38). The molecule has 4 aromatic rings. The average Bonchev–Trinajstić information content (AvgIpc) is 3.33. The van der Waals surface area contributed by atoms with E-state index in [1.807, 2.05) is 46.8 Å². The molecule has 0 saturated carbocycles. The van der Waals surface area contributed by atoms with Crippen molar-refractivity contribution in [2.45, 2.75) is 45.6 Å². The number of amides is 2. The Labute approximate surface area is 232 Å². The molecule has 2 aromatic heterocycles. The van der Waals surface area contributed by atoms with Gasteiger partial charge in [0.15, 0.2) is 5.82 Å². The maximum atomic E-state index is 12.9. The third-order valence-corrected chi connectivity index (χ3v) is 6.07. The molecule has 11 nitrogen and oxygen atoms in total. The van der Waals surface area contributed by atoms with E-state index in [-0.39, 0.29) is 11.0 Å². The number of aromatic nitrogens is 4. The van der Waals surface area contributed by atoms with Gasteiger partial charge in [0.05, 0.1) is 28.6 Å². The Morgan fingerprint density at radius 2 is 1.90 bits per heavy atom. The quantitative estimate of drug-likeness (QED) is 0.288. The minimum absolute atomic E-state index is 0.249. The van der Waals surface area contributed by atoms with Gasteiger partial charge in [0, 0.05) is 17.2 Å². The summed E-state index contributed by atoms with van der Waals surface area (Å²) in [5.74, 6) is 2.32. The van der Waals surface area contributed by atoms with Gasteiger partial charge in [0.1, 0.15) is 24.5 Å². The van der Waals surface area contributed by atoms with E-state index in [1.165, 1.54) is 6.33 Å². The molecule has 3 heterocycles. The molecule has 0 radical (unpaired) electrons. The number of carbonyl (C=O) groups is 1. The second kappa shape index (κ2) is 10.2. The predicted molar refractivity (Wildman–Crippen MR) is 151 cm³/mol. The van der Waals surface area contributed by atoms with Crippen LogP contribution in [0.4, 0.5) is 22.1 Å². The maximum absolute atomic E-state index is 12.9. The van der Waals surface area contributed by atoms with Crippen molar-refractivity contribution in [3.63, 3.8) is 0 Å². The average molecular weight is 539 g/mol. The lowest BCUT2D eigenvalue weighted by Crippen LogP contribution is -2.41. The van der Waals surface area contributed by atoms with Gasteiger partial charge in [-0.2, -0.15) is 15.3 Å². The van der Waals surface area contributed by atoms with Gasteiger partial charge in [-0.15, -0.1) is 0 Å². The summed E-state index contributed by atoms with van der Waals surface area (Å²) in [6, 6.07) is 17.5. The number of benzene rings is 2. The van der Waals surface area contributed by atoms with E-state index in [1.54, 1.807) is 47.1 Å². The Kier molecular flexibility index (Phi) is 6.77. The summed E-state index contributed by atoms with van der Waals surface area (Å²) in [5, 5.41) is 23.0. The van der Waals surface area contributed by atoms with Crippen molar-refractivity contribution in [3.05, 3.63) is 72.2 Å². The number of nitrogens with one attached hydrogen (secondary N) is 3. The molecule has 1 aliphatic heterocycles. The van der Waals surface area contributed by atoms with Crippen LogP contribution in [0.15, 0.2) is 60.9 Å². The highest BCUT2D eigenvalue weighted by Gasteiger charge is 2.29. The number of carbonyl (C=O) groups excluding carboxylic acids is 1. The molecule has 5 rings (SSSR count). The predicted octanol–water partition coefficient (Wildman–Crippen LogP) is 5.85. The topological polar surface area (TPSA) is 139 Å². The Balaban J connectivity index is 1.30. The van der Waals surface area contributed by atoms with Crippen LogP contribution in [0.1, 0.15) is 45.9 Å². The Hall–Kier alpha value is -5.11. The molecule has 2 aromatic carbocycles. The molecule has 204 valence electrons. The number of nitrogens with zero attached hydrogens (tertiary/aromatic N) is 5. The van der Waals surface area contributed by atoms with E-state index in [0.717, 1.165) is 5.69 Å². The zero-order chi connectivity index (χ0) is 28.5. The van der Waals surface area contributed by atoms with Gasteiger partial charge in [-0.1, -0.05) is 26.8 Å². The van der Waals surface area contributed by atoms with Gasteiger partial charge >= 0.3 is 6.03 Å². The molecule has 11 heteroatoms. The first kappa shape index (κ1) is 26.5. The molecule has 0 aliphatic carbocycles. The van der Waals surface area contributed by atoms with Crippen LogP contribution in [0.25, 0.3) is 5.69 Å². The SMILES string of the molecule is CC1(C)COc2c(ncnc2Oc2ccc(NC(=O)Nc3cc(C(C)(C)C)nn3-c3cccc(C#N)c3)cc2)N1. The van der Waals surface area contributed by atoms with Gasteiger partial charge in [0.2, 0.25) is 5.75 Å². The third-order valence-electron chi connectivity index (χ3n) is 6.07. The molecule has 3 N–H and O–H groups in total. The number of hydrogen-bond acceptors (Lipinski definition) is 8. The van der Waals surface area contributed by atoms with Crippen LogP contribution in [0.3, 0.4) is 0 Å². The summed E-state index contributed by atoms with van der Waals surface area (Å²) in [7, 11) is 0. The minimum atomic E-state index is -0.446. The Morgan fingerprint density at radius 3 is 2.62 bits per heavy atom. The molecular weight excluding hydrogens is 508 g/mol. The first-order valence-electron chi connectivity index (χ1n) is 12.7. The minimum Gasteiger partial charge on any atom is -0.483 e. The summed E-state index contributed by atoms with van der Waals surface area (Å²) in [6.45, 7) is 10.6. The lowest BCUT2D eigenvalue weighted by molar-refractivity contribution is 0.229. The van der Waals surface area contributed by atoms with Crippen molar-refractivity contribution in [3.8, 4) is 29.1 Å². The van der Waals surface area contributed by atoms with E-state index >= 15 is 0 Å². The Bertz CT molecular complexity index is 1600. The van der Waals surface area contributed by atoms with Crippen molar-refractivity contribution < 1.29 is 14.3 Å². The maximum Gasteiger partial charge on any atom is 0.324 e. The van der Waals surface area contributed by atoms with E-state index in [0.29, 0.717) is 52.6 Å². The van der Waals surface area contributed by atoms with E-state index in [2.05, 4.69) is 32.0 Å². The second-order valence-electron chi connectivity index (χ2n) is 11.1. The molecule has 2 amide bonds. The highest BCUT2D eigenvalue weighted by molar-refractivity contribution is 5.99. The van der Waals surface area contributed by atoms with E-state index < -0.39 is 6.03 Å². The lowest BCUT2D eigenvalue weighted by Gasteiger charge is -2.32. The zero-order valence-electron chi connectivity index (χ0n) is 22.9. The summed E-state index contributed by atoms with van der Waals surface area (Å²) >= 11 is 0. The fourth-order valence-electron chi connectivity index (χ4n) is 4.00. The Morgan fingerprint density at radius 1 is 1.12 bits per heavy atom. The molecule has 0 saturated heterocycles. The molecule has 40 heavy (non-hydrogen) atoms. The number of fused-ring (bicyclic) bond motifs is 1. The molecule has 0 fully saturated rings. The van der Waals surface area contributed by atoms with Gasteiger partial charge in [0.25, 0.3) is 5.88 Å². The van der Waals surface area contributed by atoms with Crippen LogP contribution in [-0.2, 0) is 5.41 Å². The first-order valence-corrected chi connectivity index (χ1v) is 12.7. The molecule has 0 bridgehead atoms. The fraction of sp³-hybridized carbons (Fsp3) is 0.276. The number of anilines is 3. The van der Waals surface area contributed by atoms with E-state index in [9.17, 15) is 10.1 Å². The number of urea groups is 1. The van der Waals surface area contributed by atoms with Gasteiger partial charge < -0.3 is 20.1 Å². The summed E-state index contributed by atoms with van der Waals surface area (Å²) in [6.07, 6.45) is 1.42. The molecule has 1 aliphatic rings. The fourth-order valence-corrected chi connectivity index (χ4v) is 4.00. The summed E-state index contributed by atoms with van der Waals surface area (Å²) in [4.78, 5) is 21.4. The lowest BCUT2D eigenvalue weighted by atomic mass is 9.92. The number of rotatable bonds is 5. The third kappa shape index (κ3) is 5.81. The van der Waals surface area contributed by atoms with Crippen molar-refractivity contribution in [2.24, 2.45) is 0 Å². The zero-order valence-corrected chi connectivity index (χ0v) is 22.9. The molecular formula is C29H30N8O3. The van der Waals surface area contributed by atoms with Crippen LogP contribution in [0.5, 0.6) is 17.4 Å². The van der Waals surface area contributed by atoms with Gasteiger partial charge in [-0.25, -0.2) is 14.5 Å². The van der Waals surface area contributed by atoms with Gasteiger partial charge in [-0.05, 0) is 56.3 Å². The molecule has 0 spiro atoms. The second-order valence-corrected chi connectivity index (χ2v) is 11.1. The van der Waals surface area contributed by atoms with E-state index in [4.69, 9.17) is 14.6 Å². The van der Waals surface area contributed by atoms with Crippen molar-refractivity contribution in [1.82, 2.24) is 19.7 Å². The summed E-state index contributed by atoms with van der Waals surface area (Å²) < 4.78 is 13.4. The van der Waals surface area contributed by atoms with Gasteiger partial charge in [-0.3, -0.25) is 5.32 Å². The summed E-state index contributed by atoms with van der Waals surface area (Å²) in [5.41, 5.74) is 2.02.